The van der Waals surface area contributed by atoms with Gasteiger partial charge in [0.05, 0.1) is 4.92 Å². The fourth-order valence-electron chi connectivity index (χ4n) is 3.38. The molecule has 1 aliphatic heterocycles. The van der Waals surface area contributed by atoms with Gasteiger partial charge in [0.25, 0.3) is 5.69 Å². The largest absolute Gasteiger partial charge is 0.342 e. The number of rotatable bonds is 5. The van der Waals surface area contributed by atoms with Crippen molar-refractivity contribution >= 4 is 29.1 Å². The molecule has 1 saturated carbocycles. The van der Waals surface area contributed by atoms with Crippen LogP contribution in [0.2, 0.25) is 5.02 Å². The predicted octanol–water partition coefficient (Wildman–Crippen LogP) is 2.86. The number of carbonyl (C=O) groups excluding carboxylic acids is 2. The Bertz CT molecular complexity index is 727. The summed E-state index contributed by atoms with van der Waals surface area (Å²) in [6.07, 6.45) is 3.30. The number of piperidine rings is 1. The van der Waals surface area contributed by atoms with Gasteiger partial charge in [0.15, 0.2) is 0 Å². The Labute approximate surface area is 157 Å². The number of hydrogen-bond donors (Lipinski definition) is 0. The fraction of sp³-hybridized carbons (Fsp3) is 0.556. The van der Waals surface area contributed by atoms with Gasteiger partial charge in [0.1, 0.15) is 0 Å². The number of carbonyl (C=O) groups is 2. The highest BCUT2D eigenvalue weighted by Gasteiger charge is 2.36. The van der Waals surface area contributed by atoms with E-state index in [-0.39, 0.29) is 35.9 Å². The maximum atomic E-state index is 12.7. The second kappa shape index (κ2) is 7.61. The van der Waals surface area contributed by atoms with Crippen molar-refractivity contribution in [3.63, 3.8) is 0 Å². The summed E-state index contributed by atoms with van der Waals surface area (Å²) in [5.41, 5.74) is 0.509. The minimum Gasteiger partial charge on any atom is -0.342 e. The Balaban J connectivity index is 1.57. The van der Waals surface area contributed by atoms with Gasteiger partial charge in [-0.3, -0.25) is 19.7 Å². The third kappa shape index (κ3) is 4.15. The molecule has 3 rings (SSSR count). The summed E-state index contributed by atoms with van der Waals surface area (Å²) < 4.78 is 0. The van der Waals surface area contributed by atoms with Crippen LogP contribution < -0.4 is 0 Å². The SMILES string of the molecule is CN(Cc1cc([N+](=O)[O-])ccc1Cl)C(=O)C1CCN(C(=O)C2CC2)CC1. The molecule has 2 aliphatic rings. The minimum absolute atomic E-state index is 0.00825. The van der Waals surface area contributed by atoms with Crippen LogP contribution >= 0.6 is 11.6 Å². The molecule has 0 unspecified atom stereocenters. The average Bonchev–Trinajstić information content (AvgIpc) is 3.47. The standard InChI is InChI=1S/C18H22ClN3O4/c1-20(11-14-10-15(22(25)26)4-5-16(14)19)17(23)13-6-8-21(9-7-13)18(24)12-2-3-12/h4-5,10,12-13H,2-3,6-9,11H2,1H3. The molecule has 2 amide bonds. The van der Waals surface area contributed by atoms with E-state index >= 15 is 0 Å². The number of hydrogen-bond acceptors (Lipinski definition) is 4. The van der Waals surface area contributed by atoms with Crippen LogP contribution in [0.4, 0.5) is 5.69 Å². The topological polar surface area (TPSA) is 83.8 Å². The van der Waals surface area contributed by atoms with Crippen molar-refractivity contribution in [2.75, 3.05) is 20.1 Å². The summed E-state index contributed by atoms with van der Waals surface area (Å²) in [5.74, 6) is 0.306. The minimum atomic E-state index is -0.478. The van der Waals surface area contributed by atoms with Crippen molar-refractivity contribution in [2.24, 2.45) is 11.8 Å². The van der Waals surface area contributed by atoms with Crippen molar-refractivity contribution in [3.05, 3.63) is 38.9 Å². The van der Waals surface area contributed by atoms with Crippen LogP contribution in [0, 0.1) is 22.0 Å². The van der Waals surface area contributed by atoms with Crippen LogP contribution in [-0.4, -0.2) is 46.7 Å². The number of nitro groups is 1. The highest BCUT2D eigenvalue weighted by molar-refractivity contribution is 6.31. The molecular weight excluding hydrogens is 358 g/mol. The first kappa shape index (κ1) is 18.6. The summed E-state index contributed by atoms with van der Waals surface area (Å²) in [7, 11) is 1.68. The normalized spacial score (nSPS) is 17.8. The zero-order valence-corrected chi connectivity index (χ0v) is 15.4. The molecule has 26 heavy (non-hydrogen) atoms. The van der Waals surface area contributed by atoms with Gasteiger partial charge in [0.2, 0.25) is 11.8 Å². The van der Waals surface area contributed by atoms with E-state index in [1.165, 1.54) is 18.2 Å². The van der Waals surface area contributed by atoms with Crippen LogP contribution in [0.1, 0.15) is 31.2 Å². The molecule has 8 heteroatoms. The van der Waals surface area contributed by atoms with Gasteiger partial charge in [-0.1, -0.05) is 11.6 Å². The molecule has 1 aliphatic carbocycles. The lowest BCUT2D eigenvalue weighted by atomic mass is 9.95. The molecule has 0 radical (unpaired) electrons. The van der Waals surface area contributed by atoms with Crippen LogP contribution in [0.5, 0.6) is 0 Å². The Hall–Kier alpha value is -2.15. The molecule has 1 aromatic carbocycles. The first-order valence-electron chi connectivity index (χ1n) is 8.83. The molecule has 0 bridgehead atoms. The molecule has 0 N–H and O–H groups in total. The van der Waals surface area contributed by atoms with Crippen molar-refractivity contribution in [3.8, 4) is 0 Å². The van der Waals surface area contributed by atoms with Crippen molar-refractivity contribution in [2.45, 2.75) is 32.2 Å². The van der Waals surface area contributed by atoms with E-state index in [1.54, 1.807) is 11.9 Å². The fourth-order valence-corrected chi connectivity index (χ4v) is 3.55. The Kier molecular flexibility index (Phi) is 5.46. The first-order valence-corrected chi connectivity index (χ1v) is 9.21. The molecule has 1 saturated heterocycles. The number of benzene rings is 1. The summed E-state index contributed by atoms with van der Waals surface area (Å²) >= 11 is 6.12. The van der Waals surface area contributed by atoms with E-state index in [9.17, 15) is 19.7 Å². The van der Waals surface area contributed by atoms with Crippen LogP contribution in [0.15, 0.2) is 18.2 Å². The molecule has 0 spiro atoms. The quantitative estimate of drug-likeness (QED) is 0.581. The van der Waals surface area contributed by atoms with Gasteiger partial charge in [-0.15, -0.1) is 0 Å². The van der Waals surface area contributed by atoms with Gasteiger partial charge in [-0.25, -0.2) is 0 Å². The Morgan fingerprint density at radius 1 is 1.23 bits per heavy atom. The molecule has 7 nitrogen and oxygen atoms in total. The smallest absolute Gasteiger partial charge is 0.269 e. The Morgan fingerprint density at radius 3 is 2.46 bits per heavy atom. The van der Waals surface area contributed by atoms with E-state index in [0.717, 1.165) is 12.8 Å². The summed E-state index contributed by atoms with van der Waals surface area (Å²) in [4.78, 5) is 38.7. The monoisotopic (exact) mass is 379 g/mol. The summed E-state index contributed by atoms with van der Waals surface area (Å²) in [6.45, 7) is 1.47. The van der Waals surface area contributed by atoms with E-state index in [0.29, 0.717) is 36.5 Å². The van der Waals surface area contributed by atoms with Gasteiger partial charge in [-0.2, -0.15) is 0 Å². The Morgan fingerprint density at radius 2 is 1.88 bits per heavy atom. The van der Waals surface area contributed by atoms with Crippen LogP contribution in [0.25, 0.3) is 0 Å². The molecule has 0 aromatic heterocycles. The third-order valence-corrected chi connectivity index (χ3v) is 5.48. The number of halogens is 1. The summed E-state index contributed by atoms with van der Waals surface area (Å²) in [6, 6.07) is 4.23. The van der Waals surface area contributed by atoms with Gasteiger partial charge >= 0.3 is 0 Å². The maximum absolute atomic E-state index is 12.7. The molecular formula is C18H22ClN3O4. The van der Waals surface area contributed by atoms with Crippen LogP contribution in [0.3, 0.4) is 0 Å². The van der Waals surface area contributed by atoms with Crippen molar-refractivity contribution in [1.82, 2.24) is 9.80 Å². The zero-order chi connectivity index (χ0) is 18.8. The number of likely N-dealkylation sites (tertiary alicyclic amines) is 1. The van der Waals surface area contributed by atoms with E-state index in [1.807, 2.05) is 4.90 Å². The molecule has 1 aromatic rings. The van der Waals surface area contributed by atoms with E-state index in [2.05, 4.69) is 0 Å². The molecule has 1 heterocycles. The first-order chi connectivity index (χ1) is 12.4. The highest BCUT2D eigenvalue weighted by Crippen LogP contribution is 2.33. The molecule has 140 valence electrons. The number of non-ortho nitro benzene ring substituents is 1. The van der Waals surface area contributed by atoms with Crippen molar-refractivity contribution in [1.29, 1.82) is 0 Å². The lowest BCUT2D eigenvalue weighted by Gasteiger charge is -2.33. The number of amides is 2. The number of nitrogens with zero attached hydrogens (tertiary/aromatic N) is 3. The second-order valence-electron chi connectivity index (χ2n) is 7.10. The van der Waals surface area contributed by atoms with E-state index < -0.39 is 4.92 Å². The van der Waals surface area contributed by atoms with E-state index in [4.69, 9.17) is 11.6 Å². The van der Waals surface area contributed by atoms with Gasteiger partial charge in [0, 0.05) is 55.7 Å². The highest BCUT2D eigenvalue weighted by atomic mass is 35.5. The zero-order valence-electron chi connectivity index (χ0n) is 14.7. The predicted molar refractivity (Wildman–Crippen MR) is 96.6 cm³/mol. The average molecular weight is 380 g/mol. The van der Waals surface area contributed by atoms with Crippen LogP contribution in [-0.2, 0) is 16.1 Å². The third-order valence-electron chi connectivity index (χ3n) is 5.11. The van der Waals surface area contributed by atoms with Gasteiger partial charge < -0.3 is 9.80 Å². The van der Waals surface area contributed by atoms with Crippen molar-refractivity contribution < 1.29 is 14.5 Å². The van der Waals surface area contributed by atoms with Gasteiger partial charge in [-0.05, 0) is 37.3 Å². The molecule has 2 fully saturated rings. The maximum Gasteiger partial charge on any atom is 0.269 e. The second-order valence-corrected chi connectivity index (χ2v) is 7.51. The lowest BCUT2D eigenvalue weighted by Crippen LogP contribution is -2.43. The number of nitro benzene ring substituents is 1. The lowest BCUT2D eigenvalue weighted by molar-refractivity contribution is -0.384. The molecule has 0 atom stereocenters. The summed E-state index contributed by atoms with van der Waals surface area (Å²) in [5, 5.41) is 11.3.